The fraction of sp³-hybridized carbons (Fsp3) is 0.263. The van der Waals surface area contributed by atoms with Gasteiger partial charge in [0.2, 0.25) is 0 Å². The van der Waals surface area contributed by atoms with Crippen molar-refractivity contribution >= 4 is 21.1 Å². The molecule has 1 N–H and O–H groups in total. The molecular weight excluding hydrogens is 354 g/mol. The molecule has 3 aromatic rings. The summed E-state index contributed by atoms with van der Waals surface area (Å²) in [4.78, 5) is 0. The van der Waals surface area contributed by atoms with Crippen LogP contribution in [0.3, 0.4) is 0 Å². The summed E-state index contributed by atoms with van der Waals surface area (Å²) in [6, 6.07) is 13.8. The van der Waals surface area contributed by atoms with Crippen molar-refractivity contribution in [2.24, 2.45) is 0 Å². The van der Waals surface area contributed by atoms with E-state index in [4.69, 9.17) is 13.3 Å². The number of furan rings is 1. The van der Waals surface area contributed by atoms with E-state index in [1.54, 1.807) is 36.4 Å². The van der Waals surface area contributed by atoms with Gasteiger partial charge in [0.15, 0.2) is 0 Å². The van der Waals surface area contributed by atoms with Crippen LogP contribution in [-0.2, 0) is 10.1 Å². The average Bonchev–Trinajstić information content (AvgIpc) is 3.23. The molecular formula is C19H17NO5S. The lowest BCUT2D eigenvalue weighted by atomic mass is 9.90. The Balaban J connectivity index is 1.46. The predicted octanol–water partition coefficient (Wildman–Crippen LogP) is 3.04. The first-order chi connectivity index (χ1) is 12.6. The van der Waals surface area contributed by atoms with Gasteiger partial charge in [0.1, 0.15) is 23.2 Å². The average molecular weight is 371 g/mol. The number of hydrogen-bond donors (Lipinski definition) is 1. The van der Waals surface area contributed by atoms with Crippen LogP contribution in [0.2, 0.25) is 0 Å². The number of nitrogens with one attached hydrogen (secondary N) is 1. The van der Waals surface area contributed by atoms with E-state index in [2.05, 4.69) is 5.32 Å². The van der Waals surface area contributed by atoms with E-state index < -0.39 is 10.1 Å². The van der Waals surface area contributed by atoms with Crippen molar-refractivity contribution < 1.29 is 21.8 Å². The lowest BCUT2D eigenvalue weighted by molar-refractivity contribution is 0.177. The van der Waals surface area contributed by atoms with Crippen molar-refractivity contribution in [1.82, 2.24) is 5.32 Å². The Hall–Kier alpha value is -2.51. The van der Waals surface area contributed by atoms with Gasteiger partial charge in [-0.25, -0.2) is 0 Å². The van der Waals surface area contributed by atoms with Gasteiger partial charge in [-0.2, -0.15) is 8.42 Å². The quantitative estimate of drug-likeness (QED) is 0.713. The first kappa shape index (κ1) is 15.7. The zero-order chi connectivity index (χ0) is 17.7. The predicted molar refractivity (Wildman–Crippen MR) is 95.1 cm³/mol. The minimum Gasteiger partial charge on any atom is -0.488 e. The second-order valence-electron chi connectivity index (χ2n) is 6.60. The van der Waals surface area contributed by atoms with Crippen LogP contribution in [0.15, 0.2) is 58.0 Å². The van der Waals surface area contributed by atoms with Gasteiger partial charge in [0.25, 0.3) is 5.09 Å². The normalized spacial score (nSPS) is 21.8. The van der Waals surface area contributed by atoms with E-state index >= 15 is 0 Å². The van der Waals surface area contributed by atoms with Gasteiger partial charge in [-0.3, -0.25) is 0 Å². The molecule has 7 heteroatoms. The van der Waals surface area contributed by atoms with Crippen LogP contribution < -0.4 is 14.2 Å². The number of ether oxygens (including phenoxy) is 1. The van der Waals surface area contributed by atoms with Crippen molar-refractivity contribution in [1.29, 1.82) is 0 Å². The lowest BCUT2D eigenvalue weighted by Crippen LogP contribution is -2.39. The summed E-state index contributed by atoms with van der Waals surface area (Å²) >= 11 is 0. The van der Waals surface area contributed by atoms with Gasteiger partial charge >= 0.3 is 10.1 Å². The van der Waals surface area contributed by atoms with E-state index in [1.165, 1.54) is 6.07 Å². The second kappa shape index (κ2) is 5.75. The summed E-state index contributed by atoms with van der Waals surface area (Å²) in [5.74, 6) is 1.34. The molecule has 0 radical (unpaired) electrons. The molecule has 0 aliphatic carbocycles. The van der Waals surface area contributed by atoms with Crippen molar-refractivity contribution in [2.75, 3.05) is 13.1 Å². The number of fused-ring (bicyclic) bond motifs is 4. The van der Waals surface area contributed by atoms with Crippen molar-refractivity contribution in [3.63, 3.8) is 0 Å². The summed E-state index contributed by atoms with van der Waals surface area (Å²) in [5, 5.41) is 3.83. The van der Waals surface area contributed by atoms with Crippen LogP contribution in [0.5, 0.6) is 11.5 Å². The monoisotopic (exact) mass is 371 g/mol. The highest BCUT2D eigenvalue weighted by Gasteiger charge is 2.36. The summed E-state index contributed by atoms with van der Waals surface area (Å²) < 4.78 is 41.9. The molecule has 1 aromatic heterocycles. The number of hydrogen-bond acceptors (Lipinski definition) is 6. The maximum absolute atomic E-state index is 12.6. The van der Waals surface area contributed by atoms with Crippen molar-refractivity contribution in [3.05, 3.63) is 54.1 Å². The molecule has 1 saturated heterocycles. The van der Waals surface area contributed by atoms with E-state index in [9.17, 15) is 8.42 Å². The number of benzene rings is 2. The summed E-state index contributed by atoms with van der Waals surface area (Å²) in [5.41, 5.74) is 1.52. The minimum absolute atomic E-state index is 0.0981. The fourth-order valence-corrected chi connectivity index (χ4v) is 4.60. The highest BCUT2D eigenvalue weighted by Crippen LogP contribution is 2.43. The van der Waals surface area contributed by atoms with E-state index in [0.29, 0.717) is 5.58 Å². The van der Waals surface area contributed by atoms with Crippen LogP contribution in [-0.4, -0.2) is 27.6 Å². The molecule has 5 rings (SSSR count). The summed E-state index contributed by atoms with van der Waals surface area (Å²) in [6.45, 7) is 1.72. The maximum Gasteiger partial charge on any atom is 0.373 e. The third-order valence-electron chi connectivity index (χ3n) is 4.94. The van der Waals surface area contributed by atoms with Gasteiger partial charge in [-0.1, -0.05) is 18.2 Å². The van der Waals surface area contributed by atoms with Crippen LogP contribution in [0, 0.1) is 0 Å². The molecule has 0 saturated carbocycles. The molecule has 0 bridgehead atoms. The van der Waals surface area contributed by atoms with Gasteiger partial charge in [0.05, 0.1) is 0 Å². The van der Waals surface area contributed by atoms with E-state index in [-0.39, 0.29) is 22.9 Å². The number of piperidine rings is 1. The van der Waals surface area contributed by atoms with Crippen LogP contribution in [0.1, 0.15) is 17.9 Å². The van der Waals surface area contributed by atoms with Gasteiger partial charge in [-0.15, -0.1) is 0 Å². The molecule has 2 aliphatic heterocycles. The molecule has 0 spiro atoms. The van der Waals surface area contributed by atoms with Crippen LogP contribution in [0.4, 0.5) is 0 Å². The van der Waals surface area contributed by atoms with Crippen LogP contribution in [0.25, 0.3) is 11.0 Å². The minimum atomic E-state index is -4.04. The smallest absolute Gasteiger partial charge is 0.373 e. The fourth-order valence-electron chi connectivity index (χ4n) is 3.70. The Morgan fingerprint density at radius 2 is 2.00 bits per heavy atom. The molecule has 6 nitrogen and oxygen atoms in total. The third kappa shape index (κ3) is 2.55. The molecule has 3 heterocycles. The van der Waals surface area contributed by atoms with Crippen molar-refractivity contribution in [2.45, 2.75) is 23.5 Å². The molecule has 2 aliphatic rings. The second-order valence-corrected chi connectivity index (χ2v) is 8.07. The SMILES string of the molecule is O=S(=O)(Oc1ccc2c(c1)C1CCNCC1O2)c1cc2ccccc2o1. The van der Waals surface area contributed by atoms with Gasteiger partial charge in [0, 0.05) is 29.5 Å². The molecule has 2 atom stereocenters. The van der Waals surface area contributed by atoms with Crippen molar-refractivity contribution in [3.8, 4) is 11.5 Å². The zero-order valence-corrected chi connectivity index (χ0v) is 14.7. The van der Waals surface area contributed by atoms with E-state index in [1.807, 2.05) is 6.07 Å². The maximum atomic E-state index is 12.6. The van der Waals surface area contributed by atoms with Gasteiger partial charge < -0.3 is 18.7 Å². The highest BCUT2D eigenvalue weighted by molar-refractivity contribution is 7.87. The Morgan fingerprint density at radius 3 is 2.88 bits per heavy atom. The van der Waals surface area contributed by atoms with E-state index in [0.717, 1.165) is 36.2 Å². The first-order valence-electron chi connectivity index (χ1n) is 8.54. The molecule has 2 aromatic carbocycles. The lowest BCUT2D eigenvalue weighted by Gasteiger charge is -2.24. The first-order valence-corrected chi connectivity index (χ1v) is 9.95. The number of para-hydroxylation sites is 1. The molecule has 0 amide bonds. The summed E-state index contributed by atoms with van der Waals surface area (Å²) in [7, 11) is -4.04. The third-order valence-corrected chi connectivity index (χ3v) is 6.05. The topological polar surface area (TPSA) is 77.8 Å². The van der Waals surface area contributed by atoms with Gasteiger partial charge in [-0.05, 0) is 37.2 Å². The molecule has 1 fully saturated rings. The number of rotatable bonds is 3. The Bertz CT molecular complexity index is 1060. The molecule has 2 unspecified atom stereocenters. The Kier molecular flexibility index (Phi) is 3.48. The standard InChI is InChI=1S/C19H17NO5S/c21-26(22,19-9-12-3-1-2-4-16(12)24-19)25-13-5-6-17-15(10-13)14-7-8-20-11-18(14)23-17/h1-6,9-10,14,18,20H,7-8,11H2. The summed E-state index contributed by atoms with van der Waals surface area (Å²) in [6.07, 6.45) is 1.05. The van der Waals surface area contributed by atoms with Crippen LogP contribution >= 0.6 is 0 Å². The molecule has 134 valence electrons. The molecule has 26 heavy (non-hydrogen) atoms. The Labute approximate surface area is 150 Å². The zero-order valence-electron chi connectivity index (χ0n) is 13.8. The highest BCUT2D eigenvalue weighted by atomic mass is 32.2. The largest absolute Gasteiger partial charge is 0.488 e. The Morgan fingerprint density at radius 1 is 1.12 bits per heavy atom.